The molecule has 1 saturated heterocycles. The molecule has 6 heteroatoms. The van der Waals surface area contributed by atoms with Gasteiger partial charge in [-0.25, -0.2) is 4.79 Å². The van der Waals surface area contributed by atoms with Gasteiger partial charge in [-0.1, -0.05) is 13.0 Å². The van der Waals surface area contributed by atoms with Crippen LogP contribution >= 0.6 is 0 Å². The van der Waals surface area contributed by atoms with E-state index in [-0.39, 0.29) is 34.6 Å². The molecule has 0 saturated carbocycles. The average Bonchev–Trinajstić information content (AvgIpc) is 2.66. The maximum absolute atomic E-state index is 13.3. The molecule has 1 amide bonds. The predicted molar refractivity (Wildman–Crippen MR) is 106 cm³/mol. The summed E-state index contributed by atoms with van der Waals surface area (Å²) in [6.45, 7) is 3.01. The summed E-state index contributed by atoms with van der Waals surface area (Å²) in [6, 6.07) is 11.8. The Morgan fingerprint density at radius 2 is 1.89 bits per heavy atom. The molecule has 1 heterocycles. The van der Waals surface area contributed by atoms with Crippen LogP contribution in [0.4, 0.5) is 5.69 Å². The SMILES string of the molecule is CN1CC[C@@]2(C)c3cc(O)ccc3CC1[C@@H]2C(=O)Nc1ccc(C(=O)O)cc1. The second-order valence-electron chi connectivity index (χ2n) is 8.11. The molecule has 6 nitrogen and oxygen atoms in total. The van der Waals surface area contributed by atoms with Crippen molar-refractivity contribution in [1.82, 2.24) is 4.90 Å². The average molecular weight is 380 g/mol. The van der Waals surface area contributed by atoms with E-state index >= 15 is 0 Å². The highest BCUT2D eigenvalue weighted by Crippen LogP contribution is 2.49. The first-order valence-electron chi connectivity index (χ1n) is 9.46. The van der Waals surface area contributed by atoms with E-state index < -0.39 is 5.97 Å². The number of carbonyl (C=O) groups excluding carboxylic acids is 1. The highest BCUT2D eigenvalue weighted by molar-refractivity contribution is 5.95. The Hall–Kier alpha value is -2.86. The smallest absolute Gasteiger partial charge is 0.335 e. The van der Waals surface area contributed by atoms with Gasteiger partial charge in [-0.05, 0) is 74.0 Å². The first-order chi connectivity index (χ1) is 13.3. The molecule has 0 spiro atoms. The predicted octanol–water partition coefficient (Wildman–Crippen LogP) is 2.86. The van der Waals surface area contributed by atoms with Crippen molar-refractivity contribution >= 4 is 17.6 Å². The van der Waals surface area contributed by atoms with Crippen molar-refractivity contribution in [2.45, 2.75) is 31.2 Å². The number of anilines is 1. The number of phenols is 1. The number of hydrogen-bond acceptors (Lipinski definition) is 4. The summed E-state index contributed by atoms with van der Waals surface area (Å²) in [7, 11) is 2.05. The van der Waals surface area contributed by atoms with E-state index in [0.717, 1.165) is 24.9 Å². The van der Waals surface area contributed by atoms with E-state index in [9.17, 15) is 14.7 Å². The van der Waals surface area contributed by atoms with Crippen LogP contribution in [0.2, 0.25) is 0 Å². The second kappa shape index (κ2) is 6.63. The van der Waals surface area contributed by atoms with Gasteiger partial charge < -0.3 is 20.4 Å². The molecule has 0 radical (unpaired) electrons. The number of carboxylic acid groups (broad SMARTS) is 1. The number of fused-ring (bicyclic) bond motifs is 4. The molecule has 0 aromatic heterocycles. The number of hydrogen-bond donors (Lipinski definition) is 3. The Labute approximate surface area is 163 Å². The number of aromatic carboxylic acids is 1. The quantitative estimate of drug-likeness (QED) is 0.762. The fraction of sp³-hybridized carbons (Fsp3) is 0.364. The van der Waals surface area contributed by atoms with Gasteiger partial charge >= 0.3 is 5.97 Å². The number of nitrogens with one attached hydrogen (secondary N) is 1. The van der Waals surface area contributed by atoms with Gasteiger partial charge in [-0.2, -0.15) is 0 Å². The van der Waals surface area contributed by atoms with Crippen LogP contribution in [0.1, 0.15) is 34.8 Å². The third kappa shape index (κ3) is 2.94. The van der Waals surface area contributed by atoms with Crippen LogP contribution in [0.15, 0.2) is 42.5 Å². The van der Waals surface area contributed by atoms with E-state index in [0.29, 0.717) is 5.69 Å². The molecule has 4 rings (SSSR count). The summed E-state index contributed by atoms with van der Waals surface area (Å²) in [5.74, 6) is -1.11. The van der Waals surface area contributed by atoms with Crippen molar-refractivity contribution in [1.29, 1.82) is 0 Å². The molecule has 1 aliphatic heterocycles. The van der Waals surface area contributed by atoms with Crippen LogP contribution in [0.5, 0.6) is 5.75 Å². The normalized spacial score (nSPS) is 26.4. The molecular weight excluding hydrogens is 356 g/mol. The van der Waals surface area contributed by atoms with Crippen LogP contribution in [-0.2, 0) is 16.6 Å². The van der Waals surface area contributed by atoms with Crippen molar-refractivity contribution in [3.8, 4) is 5.75 Å². The van der Waals surface area contributed by atoms with Crippen molar-refractivity contribution in [3.05, 3.63) is 59.2 Å². The molecule has 2 aliphatic rings. The van der Waals surface area contributed by atoms with E-state index in [1.807, 2.05) is 6.07 Å². The Bertz CT molecular complexity index is 940. The summed E-state index contributed by atoms with van der Waals surface area (Å²) in [5, 5.41) is 22.0. The fourth-order valence-corrected chi connectivity index (χ4v) is 4.86. The number of amides is 1. The molecule has 2 aromatic rings. The molecule has 3 N–H and O–H groups in total. The van der Waals surface area contributed by atoms with Gasteiger partial charge in [0.15, 0.2) is 0 Å². The largest absolute Gasteiger partial charge is 0.508 e. The molecule has 1 unspecified atom stereocenters. The number of carbonyl (C=O) groups is 2. The van der Waals surface area contributed by atoms with Gasteiger partial charge in [-0.3, -0.25) is 4.79 Å². The summed E-state index contributed by atoms with van der Waals surface area (Å²) in [6.07, 6.45) is 1.59. The zero-order valence-corrected chi connectivity index (χ0v) is 16.0. The monoisotopic (exact) mass is 380 g/mol. The first kappa shape index (κ1) is 18.5. The lowest BCUT2D eigenvalue weighted by Gasteiger charge is -2.53. The Balaban J connectivity index is 1.67. The number of likely N-dealkylation sites (N-methyl/N-ethyl adjacent to an activating group) is 1. The minimum absolute atomic E-state index is 0.0730. The molecule has 28 heavy (non-hydrogen) atoms. The number of aromatic hydroxyl groups is 1. The van der Waals surface area contributed by atoms with Crippen LogP contribution in [-0.4, -0.2) is 46.6 Å². The van der Waals surface area contributed by atoms with Crippen molar-refractivity contribution < 1.29 is 19.8 Å². The maximum atomic E-state index is 13.3. The summed E-state index contributed by atoms with van der Waals surface area (Å²) < 4.78 is 0. The number of nitrogens with zero attached hydrogens (tertiary/aromatic N) is 1. The van der Waals surface area contributed by atoms with Crippen molar-refractivity contribution in [2.75, 3.05) is 18.9 Å². The lowest BCUT2D eigenvalue weighted by Crippen LogP contribution is -2.61. The number of carboxylic acids is 1. The number of piperidine rings is 1. The number of likely N-dealkylation sites (tertiary alicyclic amines) is 1. The second-order valence-corrected chi connectivity index (χ2v) is 8.11. The zero-order chi connectivity index (χ0) is 20.1. The molecule has 146 valence electrons. The first-order valence-corrected chi connectivity index (χ1v) is 9.46. The summed E-state index contributed by atoms with van der Waals surface area (Å²) >= 11 is 0. The van der Waals surface area contributed by atoms with E-state index in [4.69, 9.17) is 5.11 Å². The minimum Gasteiger partial charge on any atom is -0.508 e. The Kier molecular flexibility index (Phi) is 4.38. The molecule has 1 aliphatic carbocycles. The van der Waals surface area contributed by atoms with E-state index in [1.54, 1.807) is 24.3 Å². The third-order valence-corrected chi connectivity index (χ3v) is 6.44. The van der Waals surface area contributed by atoms with Crippen molar-refractivity contribution in [3.63, 3.8) is 0 Å². The van der Waals surface area contributed by atoms with Gasteiger partial charge in [0.2, 0.25) is 5.91 Å². The highest BCUT2D eigenvalue weighted by atomic mass is 16.4. The molecule has 3 atom stereocenters. The van der Waals surface area contributed by atoms with Crippen LogP contribution in [0.25, 0.3) is 0 Å². The zero-order valence-electron chi connectivity index (χ0n) is 16.0. The van der Waals surface area contributed by atoms with Crippen LogP contribution < -0.4 is 5.32 Å². The van der Waals surface area contributed by atoms with E-state index in [1.165, 1.54) is 17.7 Å². The molecule has 1 fully saturated rings. The maximum Gasteiger partial charge on any atom is 0.335 e. The number of phenolic OH excluding ortho intramolecular Hbond substituents is 1. The summed E-state index contributed by atoms with van der Waals surface area (Å²) in [4.78, 5) is 26.6. The number of rotatable bonds is 3. The van der Waals surface area contributed by atoms with Gasteiger partial charge in [0.05, 0.1) is 11.5 Å². The lowest BCUT2D eigenvalue weighted by atomic mass is 9.58. The summed E-state index contributed by atoms with van der Waals surface area (Å²) in [5.41, 5.74) is 2.64. The van der Waals surface area contributed by atoms with Gasteiger partial charge in [-0.15, -0.1) is 0 Å². The topological polar surface area (TPSA) is 89.9 Å². The fourth-order valence-electron chi connectivity index (χ4n) is 4.86. The third-order valence-electron chi connectivity index (χ3n) is 6.44. The van der Waals surface area contributed by atoms with Crippen LogP contribution in [0, 0.1) is 5.92 Å². The molecular formula is C22H24N2O4. The highest BCUT2D eigenvalue weighted by Gasteiger charge is 2.53. The minimum atomic E-state index is -0.995. The van der Waals surface area contributed by atoms with Gasteiger partial charge in [0.25, 0.3) is 0 Å². The van der Waals surface area contributed by atoms with E-state index in [2.05, 4.69) is 24.2 Å². The Morgan fingerprint density at radius 3 is 2.57 bits per heavy atom. The molecule has 2 aromatic carbocycles. The Morgan fingerprint density at radius 1 is 1.18 bits per heavy atom. The van der Waals surface area contributed by atoms with Crippen LogP contribution in [0.3, 0.4) is 0 Å². The number of benzene rings is 2. The molecule has 2 bridgehead atoms. The lowest BCUT2D eigenvalue weighted by molar-refractivity contribution is -0.127. The van der Waals surface area contributed by atoms with Crippen molar-refractivity contribution in [2.24, 2.45) is 5.92 Å². The standard InChI is InChI=1S/C22H24N2O4/c1-22-9-10-24(2)18(11-14-5-8-16(25)12-17(14)22)19(22)20(26)23-15-6-3-13(4-7-15)21(27)28/h3-8,12,18-19,25H,9-11H2,1-2H3,(H,23,26)(H,27,28)/t18?,19-,22+/m1/s1. The van der Waals surface area contributed by atoms with Gasteiger partial charge in [0, 0.05) is 17.1 Å². The van der Waals surface area contributed by atoms with Gasteiger partial charge in [0.1, 0.15) is 5.75 Å².